The van der Waals surface area contributed by atoms with Gasteiger partial charge >= 0.3 is 12.3 Å². The number of imidazole rings is 1. The predicted octanol–water partition coefficient (Wildman–Crippen LogP) is 6.79. The van der Waals surface area contributed by atoms with Crippen LogP contribution in [-0.2, 0) is 17.5 Å². The van der Waals surface area contributed by atoms with E-state index >= 15 is 0 Å². The van der Waals surface area contributed by atoms with Gasteiger partial charge in [0.05, 0.1) is 22.6 Å². The molecule has 0 spiro atoms. The molecule has 1 aliphatic heterocycles. The number of hydrogen-bond donors (Lipinski definition) is 1. The molecule has 7 nitrogen and oxygen atoms in total. The monoisotopic (exact) mass is 553 g/mol. The Kier molecular flexibility index (Phi) is 7.87. The van der Waals surface area contributed by atoms with Crippen LogP contribution in [0.15, 0.2) is 72.0 Å². The quantitative estimate of drug-likeness (QED) is 0.209. The molecule has 0 aliphatic carbocycles. The van der Waals surface area contributed by atoms with Crippen LogP contribution in [0.1, 0.15) is 35.7 Å². The van der Waals surface area contributed by atoms with E-state index in [4.69, 9.17) is 9.72 Å². The van der Waals surface area contributed by atoms with E-state index in [1.165, 1.54) is 17.8 Å². The number of nitrogens with zero attached hydrogens (tertiary/aromatic N) is 4. The first kappa shape index (κ1) is 26.7. The van der Waals surface area contributed by atoms with Crippen LogP contribution in [0.4, 0.5) is 18.0 Å². The lowest BCUT2D eigenvalue weighted by Crippen LogP contribution is -2.38. The summed E-state index contributed by atoms with van der Waals surface area (Å²) in [7, 11) is 0. The minimum absolute atomic E-state index is 0.0108. The van der Waals surface area contributed by atoms with E-state index < -0.39 is 11.7 Å². The van der Waals surface area contributed by atoms with Crippen molar-refractivity contribution in [2.24, 2.45) is 0 Å². The molecule has 1 N–H and O–H groups in total. The van der Waals surface area contributed by atoms with Crippen molar-refractivity contribution < 1.29 is 22.7 Å². The number of benzene rings is 2. The summed E-state index contributed by atoms with van der Waals surface area (Å²) in [5.74, 6) is 0.641. The van der Waals surface area contributed by atoms with Gasteiger partial charge in [0.25, 0.3) is 0 Å². The third kappa shape index (κ3) is 6.25. The van der Waals surface area contributed by atoms with Crippen molar-refractivity contribution in [3.8, 4) is 22.6 Å². The lowest BCUT2D eigenvalue weighted by Gasteiger charge is -2.30. The van der Waals surface area contributed by atoms with Gasteiger partial charge in [-0.25, -0.2) is 19.7 Å². The molecule has 0 radical (unpaired) electrons. The second-order valence-corrected chi connectivity index (χ2v) is 9.93. The highest BCUT2D eigenvalue weighted by atomic mass is 32.2. The number of H-pyrrole nitrogens is 1. The summed E-state index contributed by atoms with van der Waals surface area (Å²) < 4.78 is 45.8. The van der Waals surface area contributed by atoms with Gasteiger partial charge in [0, 0.05) is 30.8 Å². The maximum absolute atomic E-state index is 13.5. The molecular formula is C28H26F3N5O2S. The Morgan fingerprint density at radius 2 is 1.85 bits per heavy atom. The Morgan fingerprint density at radius 3 is 2.56 bits per heavy atom. The first-order chi connectivity index (χ1) is 18.8. The van der Waals surface area contributed by atoms with Crippen LogP contribution in [0.2, 0.25) is 0 Å². The molecular weight excluding hydrogens is 527 g/mol. The summed E-state index contributed by atoms with van der Waals surface area (Å²) >= 11 is 1.37. The van der Waals surface area contributed by atoms with E-state index in [0.717, 1.165) is 17.7 Å². The molecule has 0 atom stereocenters. The lowest BCUT2D eigenvalue weighted by molar-refractivity contribution is -0.137. The van der Waals surface area contributed by atoms with Gasteiger partial charge in [-0.15, -0.1) is 0 Å². The molecule has 202 valence electrons. The summed E-state index contributed by atoms with van der Waals surface area (Å²) in [6.07, 6.45) is -0.107. The molecule has 1 fully saturated rings. The van der Waals surface area contributed by atoms with Gasteiger partial charge in [0.2, 0.25) is 0 Å². The molecule has 4 aromatic rings. The molecule has 2 aromatic heterocycles. The van der Waals surface area contributed by atoms with Crippen LogP contribution >= 0.6 is 11.8 Å². The van der Waals surface area contributed by atoms with E-state index in [1.807, 2.05) is 36.6 Å². The number of aromatic nitrogens is 4. The zero-order chi connectivity index (χ0) is 27.4. The second-order valence-electron chi connectivity index (χ2n) is 9.15. The molecule has 1 aliphatic rings. The third-order valence-electron chi connectivity index (χ3n) is 6.60. The first-order valence-electron chi connectivity index (χ1n) is 12.4. The summed E-state index contributed by atoms with van der Waals surface area (Å²) in [5, 5.41) is 0.543. The van der Waals surface area contributed by atoms with Crippen molar-refractivity contribution in [1.29, 1.82) is 0 Å². The van der Waals surface area contributed by atoms with Crippen molar-refractivity contribution in [2.45, 2.75) is 36.7 Å². The van der Waals surface area contributed by atoms with Crippen LogP contribution in [-0.4, -0.2) is 50.3 Å². The zero-order valence-corrected chi connectivity index (χ0v) is 21.9. The fraction of sp³-hybridized carbons (Fsp3) is 0.286. The molecule has 5 rings (SSSR count). The lowest BCUT2D eigenvalue weighted by atomic mass is 9.96. The largest absolute Gasteiger partial charge is 0.445 e. The fourth-order valence-electron chi connectivity index (χ4n) is 4.55. The number of carbonyl (C=O) groups is 1. The van der Waals surface area contributed by atoms with Crippen LogP contribution in [0.3, 0.4) is 0 Å². The zero-order valence-electron chi connectivity index (χ0n) is 21.1. The molecule has 1 amide bonds. The van der Waals surface area contributed by atoms with Gasteiger partial charge < -0.3 is 14.6 Å². The maximum atomic E-state index is 13.5. The third-order valence-corrected chi connectivity index (χ3v) is 7.16. The van der Waals surface area contributed by atoms with Crippen LogP contribution in [0, 0.1) is 0 Å². The van der Waals surface area contributed by atoms with Gasteiger partial charge in [-0.1, -0.05) is 54.2 Å². The number of piperidine rings is 1. The SMILES string of the molecule is CSc1nccc(-c2[nH]c(C3CCN(C(=O)OCc4ccccc4)CC3)nc2-c2cccc(C(F)(F)F)c2)n1. The van der Waals surface area contributed by atoms with E-state index in [9.17, 15) is 18.0 Å². The summed E-state index contributed by atoms with van der Waals surface area (Å²) in [6.45, 7) is 1.17. The van der Waals surface area contributed by atoms with Gasteiger partial charge in [-0.3, -0.25) is 0 Å². The molecule has 0 bridgehead atoms. The smallest absolute Gasteiger partial charge is 0.416 e. The van der Waals surface area contributed by atoms with Crippen LogP contribution in [0.25, 0.3) is 22.6 Å². The number of hydrogen-bond acceptors (Lipinski definition) is 6. The maximum Gasteiger partial charge on any atom is 0.416 e. The minimum atomic E-state index is -4.47. The standard InChI is InChI=1S/C28H26F3N5O2S/c1-39-26-32-13-10-22(33-26)24-23(20-8-5-9-21(16-20)28(29,30)31)34-25(35-24)19-11-14-36(15-12-19)27(37)38-17-18-6-3-2-4-7-18/h2-10,13,16,19H,11-12,14-15,17H2,1H3,(H,34,35). The van der Waals surface area contributed by atoms with Crippen LogP contribution < -0.4 is 0 Å². The predicted molar refractivity (Wildman–Crippen MR) is 142 cm³/mol. The van der Waals surface area contributed by atoms with E-state index in [0.29, 0.717) is 59.6 Å². The Balaban J connectivity index is 1.37. The van der Waals surface area contributed by atoms with Gasteiger partial charge in [-0.2, -0.15) is 13.2 Å². The number of amides is 1. The van der Waals surface area contributed by atoms with Crippen molar-refractivity contribution in [3.63, 3.8) is 0 Å². The summed E-state index contributed by atoms with van der Waals surface area (Å²) in [6, 6.07) is 16.3. The number of thioether (sulfide) groups is 1. The molecule has 11 heteroatoms. The highest BCUT2D eigenvalue weighted by molar-refractivity contribution is 7.98. The van der Waals surface area contributed by atoms with E-state index in [-0.39, 0.29) is 18.6 Å². The van der Waals surface area contributed by atoms with Crippen molar-refractivity contribution in [2.75, 3.05) is 19.3 Å². The number of carbonyl (C=O) groups excluding carboxylic acids is 1. The molecule has 3 heterocycles. The van der Waals surface area contributed by atoms with Crippen molar-refractivity contribution in [1.82, 2.24) is 24.8 Å². The number of ether oxygens (including phenoxy) is 1. The molecule has 1 saturated heterocycles. The summed E-state index contributed by atoms with van der Waals surface area (Å²) in [5.41, 5.74) is 1.99. The number of halogens is 3. The van der Waals surface area contributed by atoms with Gasteiger partial charge in [0.15, 0.2) is 5.16 Å². The van der Waals surface area contributed by atoms with Gasteiger partial charge in [-0.05, 0) is 42.9 Å². The minimum Gasteiger partial charge on any atom is -0.445 e. The fourth-order valence-corrected chi connectivity index (χ4v) is 4.90. The Morgan fingerprint density at radius 1 is 1.08 bits per heavy atom. The Labute approximate surface area is 227 Å². The number of alkyl halides is 3. The van der Waals surface area contributed by atoms with Crippen molar-refractivity contribution >= 4 is 17.9 Å². The molecule has 2 aromatic carbocycles. The number of aromatic amines is 1. The molecule has 0 saturated carbocycles. The van der Waals surface area contributed by atoms with Crippen molar-refractivity contribution in [3.05, 3.63) is 83.8 Å². The van der Waals surface area contributed by atoms with E-state index in [2.05, 4.69) is 15.0 Å². The van der Waals surface area contributed by atoms with Gasteiger partial charge in [0.1, 0.15) is 12.4 Å². The Bertz CT molecular complexity index is 1440. The van der Waals surface area contributed by atoms with Crippen LogP contribution in [0.5, 0.6) is 0 Å². The Hall–Kier alpha value is -3.86. The van der Waals surface area contributed by atoms with E-state index in [1.54, 1.807) is 23.2 Å². The number of likely N-dealkylation sites (tertiary alicyclic amines) is 1. The summed E-state index contributed by atoms with van der Waals surface area (Å²) in [4.78, 5) is 31.1. The first-order valence-corrected chi connectivity index (χ1v) is 13.6. The highest BCUT2D eigenvalue weighted by Crippen LogP contribution is 2.37. The number of rotatable bonds is 6. The molecule has 0 unspecified atom stereocenters. The normalized spacial score (nSPS) is 14.4. The second kappa shape index (κ2) is 11.5. The number of nitrogens with one attached hydrogen (secondary N) is 1. The average molecular weight is 554 g/mol. The highest BCUT2D eigenvalue weighted by Gasteiger charge is 2.32. The average Bonchev–Trinajstić information content (AvgIpc) is 3.42. The molecule has 39 heavy (non-hydrogen) atoms. The topological polar surface area (TPSA) is 84.0 Å².